The van der Waals surface area contributed by atoms with Crippen LogP contribution in [0.2, 0.25) is 5.02 Å². The summed E-state index contributed by atoms with van der Waals surface area (Å²) in [6.45, 7) is 3.42. The van der Waals surface area contributed by atoms with Gasteiger partial charge in [-0.15, -0.1) is 0 Å². The lowest BCUT2D eigenvalue weighted by molar-refractivity contribution is -0.119. The van der Waals surface area contributed by atoms with Crippen molar-refractivity contribution in [2.45, 2.75) is 13.8 Å². The van der Waals surface area contributed by atoms with Crippen LogP contribution >= 0.6 is 11.6 Å². The Hall–Kier alpha value is -3.52. The van der Waals surface area contributed by atoms with E-state index in [-0.39, 0.29) is 12.5 Å². The zero-order valence-electron chi connectivity index (χ0n) is 16.7. The van der Waals surface area contributed by atoms with Crippen molar-refractivity contribution >= 4 is 29.1 Å². The molecule has 3 aromatic rings. The van der Waals surface area contributed by atoms with Crippen LogP contribution < -0.4 is 20.5 Å². The molecule has 1 aromatic heterocycles. The number of aryl methyl sites for hydroxylation is 1. The van der Waals surface area contributed by atoms with Crippen molar-refractivity contribution in [3.05, 3.63) is 64.4 Å². The first-order valence-corrected chi connectivity index (χ1v) is 9.40. The molecule has 0 fully saturated rings. The number of amides is 2. The first-order chi connectivity index (χ1) is 14.3. The molecule has 1 heterocycles. The number of hydrogen-bond donors (Lipinski definition) is 2. The first kappa shape index (κ1) is 21.2. The van der Waals surface area contributed by atoms with Crippen LogP contribution in [0.4, 0.5) is 5.69 Å². The van der Waals surface area contributed by atoms with Gasteiger partial charge in [0.05, 0.1) is 29.2 Å². The molecular formula is C21H21ClN4O4. The third-order valence-electron chi connectivity index (χ3n) is 4.37. The fraction of sp³-hybridized carbons (Fsp3) is 0.190. The maximum Gasteiger partial charge on any atom is 0.255 e. The Kier molecular flexibility index (Phi) is 6.27. The van der Waals surface area contributed by atoms with E-state index in [0.29, 0.717) is 27.8 Å². The van der Waals surface area contributed by atoms with Gasteiger partial charge in [-0.2, -0.15) is 5.10 Å². The summed E-state index contributed by atoms with van der Waals surface area (Å²) in [4.78, 5) is 23.6. The highest BCUT2D eigenvalue weighted by Gasteiger charge is 2.13. The van der Waals surface area contributed by atoms with Crippen molar-refractivity contribution in [2.24, 2.45) is 5.73 Å². The predicted octanol–water partition coefficient (Wildman–Crippen LogP) is 3.27. The molecule has 3 rings (SSSR count). The summed E-state index contributed by atoms with van der Waals surface area (Å²) in [5, 5.41) is 7.81. The Labute approximate surface area is 178 Å². The number of nitrogens with two attached hydrogens (primary N) is 1. The SMILES string of the molecule is COc1ccc(NC(=O)c2ccc(-n3nc(C)c(Cl)c3C)cc2)cc1OCC(N)=O. The number of carbonyl (C=O) groups is 2. The van der Waals surface area contributed by atoms with Crippen LogP contribution in [0.15, 0.2) is 42.5 Å². The molecule has 0 radical (unpaired) electrons. The summed E-state index contributed by atoms with van der Waals surface area (Å²) in [6.07, 6.45) is 0. The van der Waals surface area contributed by atoms with E-state index in [1.165, 1.54) is 7.11 Å². The Morgan fingerprint density at radius 3 is 2.40 bits per heavy atom. The van der Waals surface area contributed by atoms with Gasteiger partial charge in [-0.3, -0.25) is 9.59 Å². The molecule has 156 valence electrons. The largest absolute Gasteiger partial charge is 0.493 e. The minimum absolute atomic E-state index is 0.297. The zero-order chi connectivity index (χ0) is 21.8. The Morgan fingerprint density at radius 2 is 1.83 bits per heavy atom. The molecule has 0 bridgehead atoms. The van der Waals surface area contributed by atoms with Crippen molar-refractivity contribution in [1.82, 2.24) is 9.78 Å². The molecule has 0 spiro atoms. The molecule has 0 atom stereocenters. The Morgan fingerprint density at radius 1 is 1.13 bits per heavy atom. The third kappa shape index (κ3) is 4.55. The number of benzene rings is 2. The van der Waals surface area contributed by atoms with E-state index < -0.39 is 5.91 Å². The molecule has 3 N–H and O–H groups in total. The second-order valence-electron chi connectivity index (χ2n) is 6.52. The van der Waals surface area contributed by atoms with Crippen LogP contribution in [-0.4, -0.2) is 35.3 Å². The predicted molar refractivity (Wildman–Crippen MR) is 114 cm³/mol. The van der Waals surface area contributed by atoms with E-state index in [1.54, 1.807) is 47.1 Å². The van der Waals surface area contributed by atoms with Crippen molar-refractivity contribution in [2.75, 3.05) is 19.0 Å². The summed E-state index contributed by atoms with van der Waals surface area (Å²) >= 11 is 6.20. The van der Waals surface area contributed by atoms with Crippen LogP contribution in [0.25, 0.3) is 5.69 Å². The van der Waals surface area contributed by atoms with Crippen LogP contribution in [-0.2, 0) is 4.79 Å². The average molecular weight is 429 g/mol. The molecule has 0 aliphatic rings. The lowest BCUT2D eigenvalue weighted by Crippen LogP contribution is -2.20. The number of hydrogen-bond acceptors (Lipinski definition) is 5. The van der Waals surface area contributed by atoms with Gasteiger partial charge < -0.3 is 20.5 Å². The molecule has 8 nitrogen and oxygen atoms in total. The molecule has 0 aliphatic carbocycles. The van der Waals surface area contributed by atoms with Gasteiger partial charge in [-0.25, -0.2) is 4.68 Å². The Balaban J connectivity index is 1.76. The van der Waals surface area contributed by atoms with Gasteiger partial charge in [-0.05, 0) is 50.2 Å². The number of anilines is 1. The molecule has 0 aliphatic heterocycles. The standard InChI is InChI=1S/C21H21ClN4O4/c1-12-20(22)13(2)26(25-12)16-7-4-14(5-8-16)21(28)24-15-6-9-17(29-3)18(10-15)30-11-19(23)27/h4-10H,11H2,1-3H3,(H2,23,27)(H,24,28). The second-order valence-corrected chi connectivity index (χ2v) is 6.90. The summed E-state index contributed by atoms with van der Waals surface area (Å²) in [5.74, 6) is -0.206. The van der Waals surface area contributed by atoms with Gasteiger partial charge >= 0.3 is 0 Å². The van der Waals surface area contributed by atoms with Crippen molar-refractivity contribution in [3.8, 4) is 17.2 Å². The number of halogens is 1. The zero-order valence-corrected chi connectivity index (χ0v) is 17.5. The fourth-order valence-electron chi connectivity index (χ4n) is 2.85. The normalized spacial score (nSPS) is 10.5. The summed E-state index contributed by atoms with van der Waals surface area (Å²) in [6, 6.07) is 11.8. The lowest BCUT2D eigenvalue weighted by atomic mass is 10.2. The van der Waals surface area contributed by atoms with E-state index in [0.717, 1.165) is 17.1 Å². The molecular weight excluding hydrogens is 408 g/mol. The molecule has 2 aromatic carbocycles. The maximum absolute atomic E-state index is 12.6. The van der Waals surface area contributed by atoms with E-state index in [9.17, 15) is 9.59 Å². The lowest BCUT2D eigenvalue weighted by Gasteiger charge is -2.12. The molecule has 9 heteroatoms. The number of ether oxygens (including phenoxy) is 2. The molecule has 30 heavy (non-hydrogen) atoms. The highest BCUT2D eigenvalue weighted by atomic mass is 35.5. The van der Waals surface area contributed by atoms with Gasteiger partial charge in [-0.1, -0.05) is 11.6 Å². The molecule has 2 amide bonds. The maximum atomic E-state index is 12.6. The van der Waals surface area contributed by atoms with Crippen molar-refractivity contribution in [3.63, 3.8) is 0 Å². The summed E-state index contributed by atoms with van der Waals surface area (Å²) in [7, 11) is 1.47. The summed E-state index contributed by atoms with van der Waals surface area (Å²) in [5.41, 5.74) is 8.42. The van der Waals surface area contributed by atoms with Crippen LogP contribution in [0.1, 0.15) is 21.7 Å². The van der Waals surface area contributed by atoms with Crippen molar-refractivity contribution in [1.29, 1.82) is 0 Å². The van der Waals surface area contributed by atoms with Crippen molar-refractivity contribution < 1.29 is 19.1 Å². The van der Waals surface area contributed by atoms with E-state index in [2.05, 4.69) is 10.4 Å². The number of nitrogens with one attached hydrogen (secondary N) is 1. The number of methoxy groups -OCH3 is 1. The Bertz CT molecular complexity index is 1090. The quantitative estimate of drug-likeness (QED) is 0.600. The average Bonchev–Trinajstić information content (AvgIpc) is 2.99. The summed E-state index contributed by atoms with van der Waals surface area (Å²) < 4.78 is 12.3. The van der Waals surface area contributed by atoms with Gasteiger partial charge in [0.15, 0.2) is 18.1 Å². The van der Waals surface area contributed by atoms with Crippen LogP contribution in [0, 0.1) is 13.8 Å². The first-order valence-electron chi connectivity index (χ1n) is 9.02. The van der Waals surface area contributed by atoms with Gasteiger partial charge in [0, 0.05) is 17.3 Å². The number of aromatic nitrogens is 2. The molecule has 0 unspecified atom stereocenters. The van der Waals surface area contributed by atoms with Gasteiger partial charge in [0.25, 0.3) is 11.8 Å². The fourth-order valence-corrected chi connectivity index (χ4v) is 2.97. The number of carbonyl (C=O) groups excluding carboxylic acids is 2. The topological polar surface area (TPSA) is 108 Å². The monoisotopic (exact) mass is 428 g/mol. The minimum atomic E-state index is -0.615. The highest BCUT2D eigenvalue weighted by Crippen LogP contribution is 2.30. The van der Waals surface area contributed by atoms with E-state index in [1.807, 2.05) is 13.8 Å². The highest BCUT2D eigenvalue weighted by molar-refractivity contribution is 6.31. The smallest absolute Gasteiger partial charge is 0.255 e. The van der Waals surface area contributed by atoms with Crippen LogP contribution in [0.3, 0.4) is 0 Å². The molecule has 0 saturated carbocycles. The van der Waals surface area contributed by atoms with E-state index in [4.69, 9.17) is 26.8 Å². The van der Waals surface area contributed by atoms with Gasteiger partial charge in [0.2, 0.25) is 0 Å². The van der Waals surface area contributed by atoms with Crippen LogP contribution in [0.5, 0.6) is 11.5 Å². The number of rotatable bonds is 7. The van der Waals surface area contributed by atoms with Gasteiger partial charge in [0.1, 0.15) is 0 Å². The van der Waals surface area contributed by atoms with E-state index >= 15 is 0 Å². The number of nitrogens with zero attached hydrogens (tertiary/aromatic N) is 2. The molecule has 0 saturated heterocycles. The number of primary amides is 1. The second kappa shape index (κ2) is 8.87. The third-order valence-corrected chi connectivity index (χ3v) is 4.92. The minimum Gasteiger partial charge on any atom is -0.493 e.